The highest BCUT2D eigenvalue weighted by Crippen LogP contribution is 2.16. The van der Waals surface area contributed by atoms with E-state index in [1.54, 1.807) is 4.90 Å². The average molecular weight is 425 g/mol. The summed E-state index contributed by atoms with van der Waals surface area (Å²) in [6.07, 6.45) is 1.66. The zero-order chi connectivity index (χ0) is 22.4. The van der Waals surface area contributed by atoms with Gasteiger partial charge < -0.3 is 20.1 Å². The molecule has 0 saturated heterocycles. The van der Waals surface area contributed by atoms with E-state index in [9.17, 15) is 14.0 Å². The van der Waals surface area contributed by atoms with Gasteiger partial charge in [-0.15, -0.1) is 0 Å². The molecule has 0 bridgehead atoms. The Hall–Kier alpha value is -3.19. The summed E-state index contributed by atoms with van der Waals surface area (Å²) in [7, 11) is 3.95. The minimum absolute atomic E-state index is 0.183. The largest absolute Gasteiger partial charge is 0.322 e. The molecule has 0 spiro atoms. The first kappa shape index (κ1) is 22.5. The predicted octanol–water partition coefficient (Wildman–Crippen LogP) is 4.22. The fourth-order valence-corrected chi connectivity index (χ4v) is 3.41. The summed E-state index contributed by atoms with van der Waals surface area (Å²) in [6, 6.07) is 13.1. The van der Waals surface area contributed by atoms with Crippen LogP contribution in [0.4, 0.5) is 14.9 Å². The number of aromatic nitrogens is 1. The van der Waals surface area contributed by atoms with Crippen molar-refractivity contribution in [3.63, 3.8) is 0 Å². The number of aryl methyl sites for hydroxylation is 1. The highest BCUT2D eigenvalue weighted by molar-refractivity contribution is 5.89. The summed E-state index contributed by atoms with van der Waals surface area (Å²) < 4.78 is 13.2. The fourth-order valence-electron chi connectivity index (χ4n) is 3.41. The Bertz CT molecular complexity index is 1090. The van der Waals surface area contributed by atoms with Crippen LogP contribution in [0.5, 0.6) is 0 Å². The zero-order valence-electron chi connectivity index (χ0n) is 18.2. The van der Waals surface area contributed by atoms with Gasteiger partial charge in [0.25, 0.3) is 5.56 Å². The van der Waals surface area contributed by atoms with Gasteiger partial charge in [-0.2, -0.15) is 0 Å². The summed E-state index contributed by atoms with van der Waals surface area (Å²) >= 11 is 0. The lowest BCUT2D eigenvalue weighted by Crippen LogP contribution is -2.37. The quantitative estimate of drug-likeness (QED) is 0.569. The molecule has 2 aromatic carbocycles. The maximum Gasteiger partial charge on any atom is 0.322 e. The second-order valence-corrected chi connectivity index (χ2v) is 7.91. The van der Waals surface area contributed by atoms with Crippen LogP contribution in [0.1, 0.15) is 24.5 Å². The van der Waals surface area contributed by atoms with Crippen molar-refractivity contribution in [1.29, 1.82) is 0 Å². The van der Waals surface area contributed by atoms with Gasteiger partial charge in [0, 0.05) is 23.3 Å². The Balaban J connectivity index is 1.84. The van der Waals surface area contributed by atoms with Crippen molar-refractivity contribution < 1.29 is 9.18 Å². The number of nitrogens with zero attached hydrogens (tertiary/aromatic N) is 2. The van der Waals surface area contributed by atoms with Crippen molar-refractivity contribution in [3.8, 4) is 0 Å². The number of hydrogen-bond acceptors (Lipinski definition) is 3. The number of nitrogens with one attached hydrogen (secondary N) is 2. The fraction of sp³-hybridized carbons (Fsp3) is 0.333. The van der Waals surface area contributed by atoms with Gasteiger partial charge in [0.2, 0.25) is 0 Å². The van der Waals surface area contributed by atoms with E-state index >= 15 is 0 Å². The zero-order valence-corrected chi connectivity index (χ0v) is 18.2. The highest BCUT2D eigenvalue weighted by Gasteiger charge is 2.17. The molecular formula is C24H29FN4O2. The third-order valence-corrected chi connectivity index (χ3v) is 5.17. The molecule has 0 fully saturated rings. The lowest BCUT2D eigenvalue weighted by molar-refractivity contribution is 0.205. The molecular weight excluding hydrogens is 395 g/mol. The van der Waals surface area contributed by atoms with Gasteiger partial charge in [-0.25, -0.2) is 9.18 Å². The number of aromatic amines is 1. The molecule has 31 heavy (non-hydrogen) atoms. The lowest BCUT2D eigenvalue weighted by atomic mass is 10.1. The van der Waals surface area contributed by atoms with E-state index in [1.165, 1.54) is 29.8 Å². The second-order valence-electron chi connectivity index (χ2n) is 7.91. The minimum Gasteiger partial charge on any atom is -0.322 e. The third-order valence-electron chi connectivity index (χ3n) is 5.17. The van der Waals surface area contributed by atoms with Gasteiger partial charge in [0.1, 0.15) is 5.82 Å². The van der Waals surface area contributed by atoms with E-state index in [1.807, 2.05) is 37.2 Å². The summed E-state index contributed by atoms with van der Waals surface area (Å²) in [6.45, 7) is 3.56. The first-order chi connectivity index (χ1) is 14.9. The molecule has 164 valence electrons. The number of urea groups is 1. The number of pyridine rings is 1. The summed E-state index contributed by atoms with van der Waals surface area (Å²) in [5.74, 6) is -0.366. The molecule has 0 unspecified atom stereocenters. The number of rotatable bonds is 8. The topological polar surface area (TPSA) is 68.4 Å². The molecule has 0 saturated carbocycles. The van der Waals surface area contributed by atoms with Crippen LogP contribution in [0.2, 0.25) is 0 Å². The van der Waals surface area contributed by atoms with Crippen molar-refractivity contribution in [1.82, 2.24) is 14.8 Å². The van der Waals surface area contributed by atoms with Gasteiger partial charge in [0.15, 0.2) is 0 Å². The highest BCUT2D eigenvalue weighted by atomic mass is 19.1. The molecule has 3 aromatic rings. The van der Waals surface area contributed by atoms with Crippen LogP contribution in [0.25, 0.3) is 10.9 Å². The van der Waals surface area contributed by atoms with Crippen molar-refractivity contribution in [2.75, 3.05) is 32.5 Å². The number of hydrogen-bond donors (Lipinski definition) is 2. The molecule has 6 nitrogen and oxygen atoms in total. The summed E-state index contributed by atoms with van der Waals surface area (Å²) in [5, 5.41) is 3.74. The van der Waals surface area contributed by atoms with Gasteiger partial charge in [-0.3, -0.25) is 4.79 Å². The molecule has 0 atom stereocenters. The monoisotopic (exact) mass is 424 g/mol. The normalized spacial score (nSPS) is 11.1. The van der Waals surface area contributed by atoms with Gasteiger partial charge >= 0.3 is 6.03 Å². The Morgan fingerprint density at radius 2 is 1.81 bits per heavy atom. The maximum atomic E-state index is 13.2. The van der Waals surface area contributed by atoms with E-state index in [-0.39, 0.29) is 24.0 Å². The Morgan fingerprint density at radius 3 is 2.48 bits per heavy atom. The first-order valence-electron chi connectivity index (χ1n) is 10.5. The lowest BCUT2D eigenvalue weighted by Gasteiger charge is -2.24. The molecule has 1 heterocycles. The number of carbonyl (C=O) groups is 1. The Labute approximate surface area is 181 Å². The van der Waals surface area contributed by atoms with Crippen LogP contribution in [0.3, 0.4) is 0 Å². The molecule has 1 aromatic heterocycles. The first-order valence-corrected chi connectivity index (χ1v) is 10.5. The molecule has 0 aliphatic carbocycles. The van der Waals surface area contributed by atoms with E-state index in [2.05, 4.69) is 23.3 Å². The van der Waals surface area contributed by atoms with E-state index in [0.717, 1.165) is 30.3 Å². The van der Waals surface area contributed by atoms with Gasteiger partial charge in [-0.05, 0) is 86.9 Å². The molecule has 2 N–H and O–H groups in total. The number of benzene rings is 2. The minimum atomic E-state index is -0.366. The summed E-state index contributed by atoms with van der Waals surface area (Å²) in [4.78, 5) is 32.2. The van der Waals surface area contributed by atoms with Crippen LogP contribution in [0.15, 0.2) is 53.3 Å². The van der Waals surface area contributed by atoms with E-state index < -0.39 is 0 Å². The van der Waals surface area contributed by atoms with Crippen molar-refractivity contribution in [2.24, 2.45) is 0 Å². The molecule has 0 radical (unpaired) electrons. The molecule has 0 aliphatic rings. The van der Waals surface area contributed by atoms with Gasteiger partial charge in [0.05, 0.1) is 6.54 Å². The summed E-state index contributed by atoms with van der Waals surface area (Å²) in [5.41, 5.74) is 2.79. The number of anilines is 1. The maximum absolute atomic E-state index is 13.2. The standard InChI is InChI=1S/C24H29FN4O2/c1-4-17-6-11-22-18(14-17)15-19(23(30)27-22)16-29(13-5-12-28(2)3)24(31)26-21-9-7-20(25)8-10-21/h6-11,14-15H,4-5,12-13,16H2,1-3H3,(H,26,31)(H,27,30). The van der Waals surface area contributed by atoms with Crippen molar-refractivity contribution in [2.45, 2.75) is 26.3 Å². The smallest absolute Gasteiger partial charge is 0.322 e. The van der Waals surface area contributed by atoms with Crippen molar-refractivity contribution >= 4 is 22.6 Å². The van der Waals surface area contributed by atoms with E-state index in [0.29, 0.717) is 17.8 Å². The number of H-pyrrole nitrogens is 1. The van der Waals surface area contributed by atoms with Crippen LogP contribution < -0.4 is 10.9 Å². The number of carbonyl (C=O) groups excluding carboxylic acids is 1. The SMILES string of the molecule is CCc1ccc2[nH]c(=O)c(CN(CCCN(C)C)C(=O)Nc3ccc(F)cc3)cc2c1. The van der Waals surface area contributed by atoms with Crippen molar-refractivity contribution in [3.05, 3.63) is 75.8 Å². The van der Waals surface area contributed by atoms with Gasteiger partial charge in [-0.1, -0.05) is 13.0 Å². The Morgan fingerprint density at radius 1 is 1.06 bits per heavy atom. The molecule has 3 rings (SSSR count). The number of halogens is 1. The van der Waals surface area contributed by atoms with Crippen LogP contribution in [-0.4, -0.2) is 48.0 Å². The Kier molecular flexibility index (Phi) is 7.41. The third kappa shape index (κ3) is 6.15. The second kappa shape index (κ2) is 10.2. The number of fused-ring (bicyclic) bond motifs is 1. The molecule has 2 amide bonds. The number of amides is 2. The predicted molar refractivity (Wildman–Crippen MR) is 123 cm³/mol. The van der Waals surface area contributed by atoms with Crippen LogP contribution in [-0.2, 0) is 13.0 Å². The van der Waals surface area contributed by atoms with Crippen LogP contribution >= 0.6 is 0 Å². The average Bonchev–Trinajstić information content (AvgIpc) is 2.74. The van der Waals surface area contributed by atoms with Crippen LogP contribution in [0, 0.1) is 5.82 Å². The van der Waals surface area contributed by atoms with E-state index in [4.69, 9.17) is 0 Å². The molecule has 7 heteroatoms. The molecule has 0 aliphatic heterocycles.